The van der Waals surface area contributed by atoms with E-state index in [-0.39, 0.29) is 30.1 Å². The molecular formula is C30H20N4O3SZn. The third-order valence-corrected chi connectivity index (χ3v) is 7.54. The average Bonchev–Trinajstić information content (AvgIpc) is 3.68. The summed E-state index contributed by atoms with van der Waals surface area (Å²) >= 11 is 0. The minimum absolute atomic E-state index is 0. The van der Waals surface area contributed by atoms with E-state index >= 15 is 0 Å². The molecule has 0 saturated carbocycles. The Balaban J connectivity index is 0.00000277. The molecule has 2 aliphatic heterocycles. The van der Waals surface area contributed by atoms with Gasteiger partial charge in [0.1, 0.15) is 4.91 Å². The summed E-state index contributed by atoms with van der Waals surface area (Å²) in [7, 11) is -4.66. The molecule has 2 aromatic carbocycles. The monoisotopic (exact) mass is 580 g/mol. The normalized spacial score (nSPS) is 13.1. The first kappa shape index (κ1) is 25.1. The van der Waals surface area contributed by atoms with Crippen LogP contribution in [0.15, 0.2) is 91.0 Å². The predicted octanol–water partition coefficient (Wildman–Crippen LogP) is 6.44. The predicted molar refractivity (Wildman–Crippen MR) is 151 cm³/mol. The van der Waals surface area contributed by atoms with Crippen LogP contribution >= 0.6 is 0 Å². The Kier molecular flexibility index (Phi) is 6.15. The Morgan fingerprint density at radius 1 is 0.641 bits per heavy atom. The van der Waals surface area contributed by atoms with E-state index < -0.39 is 10.1 Å². The number of fused-ring (bicyclic) bond motifs is 9. The molecule has 3 N–H and O–H groups in total. The second kappa shape index (κ2) is 9.54. The summed E-state index contributed by atoms with van der Waals surface area (Å²) < 4.78 is 36.3. The van der Waals surface area contributed by atoms with Crippen LogP contribution in [0.3, 0.4) is 0 Å². The van der Waals surface area contributed by atoms with Crippen LogP contribution in [0.1, 0.15) is 28.3 Å². The first-order valence-electron chi connectivity index (χ1n) is 12.0. The topological polar surface area (TPSA) is 112 Å². The Morgan fingerprint density at radius 3 is 1.97 bits per heavy atom. The molecule has 39 heavy (non-hydrogen) atoms. The maximum Gasteiger partial charge on any atom is 0.297 e. The number of hydrogen-bond acceptors (Lipinski definition) is 4. The van der Waals surface area contributed by atoms with E-state index in [1.807, 2.05) is 84.9 Å². The number of benzene rings is 2. The number of H-pyrrole nitrogens is 2. The summed E-state index contributed by atoms with van der Waals surface area (Å²) in [5.74, 6) is 0. The van der Waals surface area contributed by atoms with Crippen molar-refractivity contribution in [1.82, 2.24) is 19.9 Å². The van der Waals surface area contributed by atoms with Gasteiger partial charge in [-0.25, -0.2) is 9.97 Å². The smallest absolute Gasteiger partial charge is 0.297 e. The maximum atomic E-state index is 12.9. The first-order chi connectivity index (χ1) is 18.4. The van der Waals surface area contributed by atoms with Gasteiger partial charge in [-0.1, -0.05) is 42.5 Å². The molecule has 0 amide bonds. The third kappa shape index (κ3) is 4.65. The van der Waals surface area contributed by atoms with Gasteiger partial charge in [0.05, 0.1) is 22.8 Å². The van der Waals surface area contributed by atoms with Crippen molar-refractivity contribution in [2.45, 2.75) is 0 Å². The zero-order valence-corrected chi connectivity index (χ0v) is 24.4. The molecule has 2 aliphatic rings. The fraction of sp³-hybridized carbons (Fsp3) is 0. The van der Waals surface area contributed by atoms with Crippen molar-refractivity contribution in [2.24, 2.45) is 0 Å². The SMILES string of the molecule is O=S(=O)(O)C1=C(c2cccc3ccccc23)c2cc3ccc(cc4ccc(cc5nc(cc1n2)C=C5)[nH]4)[nH]3.[Zn]. The van der Waals surface area contributed by atoms with Gasteiger partial charge in [0.25, 0.3) is 10.1 Å². The van der Waals surface area contributed by atoms with Gasteiger partial charge in [0, 0.05) is 47.1 Å². The minimum atomic E-state index is -4.66. The van der Waals surface area contributed by atoms with Crippen molar-refractivity contribution in [2.75, 3.05) is 0 Å². The fourth-order valence-electron chi connectivity index (χ4n) is 5.01. The van der Waals surface area contributed by atoms with Crippen LogP contribution < -0.4 is 0 Å². The van der Waals surface area contributed by atoms with Gasteiger partial charge in [-0.2, -0.15) is 8.42 Å². The largest absolute Gasteiger partial charge is 0.355 e. The molecule has 7 nitrogen and oxygen atoms in total. The van der Waals surface area contributed by atoms with Crippen molar-refractivity contribution >= 4 is 65.6 Å². The molecule has 0 fully saturated rings. The molecule has 5 aromatic rings. The van der Waals surface area contributed by atoms with Crippen molar-refractivity contribution in [3.63, 3.8) is 0 Å². The number of aromatic amines is 2. The van der Waals surface area contributed by atoms with Gasteiger partial charge in [0.15, 0.2) is 0 Å². The quantitative estimate of drug-likeness (QED) is 0.161. The molecule has 0 radical (unpaired) electrons. The molecule has 3 aromatic heterocycles. The number of aromatic nitrogens is 4. The van der Waals surface area contributed by atoms with Gasteiger partial charge in [-0.3, -0.25) is 4.55 Å². The zero-order chi connectivity index (χ0) is 25.9. The molecule has 8 bridgehead atoms. The van der Waals surface area contributed by atoms with Crippen molar-refractivity contribution in [1.29, 1.82) is 0 Å². The van der Waals surface area contributed by atoms with Crippen molar-refractivity contribution in [3.05, 3.63) is 119 Å². The molecule has 0 unspecified atom stereocenters. The van der Waals surface area contributed by atoms with E-state index in [4.69, 9.17) is 4.98 Å². The Hall–Kier alpha value is -4.17. The molecule has 7 rings (SSSR count). The van der Waals surface area contributed by atoms with Crippen LogP contribution in [0.5, 0.6) is 0 Å². The van der Waals surface area contributed by atoms with Gasteiger partial charge in [-0.15, -0.1) is 0 Å². The number of rotatable bonds is 2. The van der Waals surface area contributed by atoms with Crippen LogP contribution in [0.25, 0.3) is 55.5 Å². The van der Waals surface area contributed by atoms with Gasteiger partial charge >= 0.3 is 0 Å². The maximum absolute atomic E-state index is 12.9. The standard InChI is InChI=1S/C30H20N4O3S.Zn/c35-38(36,37)30-28-17-24-13-11-22(33-24)15-20-9-8-19(31-20)14-21-10-12-23(32-21)16-27(34-28)29(30)26-7-3-5-18-4-1-2-6-25(18)26;/h1-17,31-32H,(H,35,36,37);. The third-order valence-electron chi connectivity index (χ3n) is 6.61. The summed E-state index contributed by atoms with van der Waals surface area (Å²) in [6.07, 6.45) is 3.64. The second-order valence-electron chi connectivity index (χ2n) is 9.20. The first-order valence-corrected chi connectivity index (χ1v) is 13.4. The van der Waals surface area contributed by atoms with Crippen LogP contribution in [0.2, 0.25) is 0 Å². The van der Waals surface area contributed by atoms with Crippen LogP contribution in [-0.4, -0.2) is 32.9 Å². The zero-order valence-electron chi connectivity index (χ0n) is 20.6. The molecular weight excluding hydrogens is 562 g/mol. The molecule has 186 valence electrons. The van der Waals surface area contributed by atoms with Crippen LogP contribution in [0.4, 0.5) is 0 Å². The second-order valence-corrected chi connectivity index (χ2v) is 10.6. The summed E-state index contributed by atoms with van der Waals surface area (Å²) in [5.41, 5.74) is 6.20. The van der Waals surface area contributed by atoms with E-state index in [1.54, 1.807) is 18.2 Å². The van der Waals surface area contributed by atoms with Crippen LogP contribution in [-0.2, 0) is 29.6 Å². The molecule has 0 spiro atoms. The number of hydrogen-bond donors (Lipinski definition) is 3. The summed E-state index contributed by atoms with van der Waals surface area (Å²) in [6, 6.07) is 28.5. The van der Waals surface area contributed by atoms with E-state index in [1.165, 1.54) is 0 Å². The van der Waals surface area contributed by atoms with E-state index in [2.05, 4.69) is 15.0 Å². The Labute approximate surface area is 236 Å². The Bertz CT molecular complexity index is 2120. The molecule has 0 saturated heterocycles. The van der Waals surface area contributed by atoms with Gasteiger partial charge in [-0.05, 0) is 77.0 Å². The minimum Gasteiger partial charge on any atom is -0.355 e. The summed E-state index contributed by atoms with van der Waals surface area (Å²) in [6.45, 7) is 0. The van der Waals surface area contributed by atoms with Gasteiger partial charge in [0.2, 0.25) is 0 Å². The van der Waals surface area contributed by atoms with Gasteiger partial charge < -0.3 is 9.97 Å². The average molecular weight is 582 g/mol. The summed E-state index contributed by atoms with van der Waals surface area (Å²) in [5, 5.41) is 1.80. The van der Waals surface area contributed by atoms with E-state index in [9.17, 15) is 13.0 Å². The van der Waals surface area contributed by atoms with E-state index in [0.29, 0.717) is 28.2 Å². The van der Waals surface area contributed by atoms with Crippen LogP contribution in [0, 0.1) is 0 Å². The van der Waals surface area contributed by atoms with Crippen molar-refractivity contribution < 1.29 is 32.4 Å². The van der Waals surface area contributed by atoms with E-state index in [0.717, 1.165) is 32.8 Å². The molecule has 0 atom stereocenters. The molecule has 0 aliphatic carbocycles. The Morgan fingerprint density at radius 2 is 1.26 bits per heavy atom. The molecule has 5 heterocycles. The summed E-state index contributed by atoms with van der Waals surface area (Å²) in [4.78, 5) is 15.8. The fourth-order valence-corrected chi connectivity index (χ4v) is 5.85. The van der Waals surface area contributed by atoms with Crippen molar-refractivity contribution in [3.8, 4) is 0 Å². The molecule has 9 heteroatoms. The number of nitrogens with one attached hydrogen (secondary N) is 2. The number of nitrogens with zero attached hydrogens (tertiary/aromatic N) is 2.